The van der Waals surface area contributed by atoms with Crippen molar-refractivity contribution in [3.05, 3.63) is 6.07 Å². The molecule has 0 spiro atoms. The van der Waals surface area contributed by atoms with E-state index in [0.29, 0.717) is 18.5 Å². The SMILES string of the molecule is CCC(COC)Nc1cc(N)ns1. The van der Waals surface area contributed by atoms with Gasteiger partial charge in [-0.05, 0) is 18.0 Å². The number of nitrogen functional groups attached to an aromatic ring is 1. The van der Waals surface area contributed by atoms with E-state index >= 15 is 0 Å². The van der Waals surface area contributed by atoms with Crippen LogP contribution in [0.15, 0.2) is 6.07 Å². The zero-order chi connectivity index (χ0) is 9.68. The number of nitrogens with one attached hydrogen (secondary N) is 1. The van der Waals surface area contributed by atoms with Crippen LogP contribution in [0, 0.1) is 0 Å². The van der Waals surface area contributed by atoms with E-state index in [9.17, 15) is 0 Å². The summed E-state index contributed by atoms with van der Waals surface area (Å²) in [5.74, 6) is 0.569. The lowest BCUT2D eigenvalue weighted by Gasteiger charge is -2.14. The molecule has 1 atom stereocenters. The molecule has 0 bridgehead atoms. The molecule has 5 heteroatoms. The van der Waals surface area contributed by atoms with Crippen molar-refractivity contribution >= 4 is 22.4 Å². The van der Waals surface area contributed by atoms with Crippen LogP contribution in [0.5, 0.6) is 0 Å². The van der Waals surface area contributed by atoms with Gasteiger partial charge in [0.15, 0.2) is 0 Å². The summed E-state index contributed by atoms with van der Waals surface area (Å²) in [7, 11) is 1.70. The van der Waals surface area contributed by atoms with Crippen LogP contribution in [-0.2, 0) is 4.74 Å². The van der Waals surface area contributed by atoms with Crippen LogP contribution >= 0.6 is 11.5 Å². The first-order valence-corrected chi connectivity index (χ1v) is 5.01. The van der Waals surface area contributed by atoms with Crippen molar-refractivity contribution in [2.75, 3.05) is 24.8 Å². The average molecular weight is 201 g/mol. The standard InChI is InChI=1S/C8H15N3OS/c1-3-6(5-12-2)10-8-4-7(9)11-13-8/h4,6,10H,3,5H2,1-2H3,(H2,9,11). The van der Waals surface area contributed by atoms with E-state index in [1.807, 2.05) is 6.07 Å². The van der Waals surface area contributed by atoms with Gasteiger partial charge in [-0.2, -0.15) is 4.37 Å². The molecule has 1 unspecified atom stereocenters. The van der Waals surface area contributed by atoms with E-state index in [1.54, 1.807) is 7.11 Å². The second-order valence-corrected chi connectivity index (χ2v) is 3.63. The number of aromatic nitrogens is 1. The largest absolute Gasteiger partial charge is 0.383 e. The molecule has 0 radical (unpaired) electrons. The second kappa shape index (κ2) is 5.04. The topological polar surface area (TPSA) is 60.2 Å². The fourth-order valence-corrected chi connectivity index (χ4v) is 1.67. The molecule has 13 heavy (non-hydrogen) atoms. The van der Waals surface area contributed by atoms with Crippen LogP contribution in [0.1, 0.15) is 13.3 Å². The van der Waals surface area contributed by atoms with Crippen LogP contribution in [0.4, 0.5) is 10.8 Å². The minimum absolute atomic E-state index is 0.338. The van der Waals surface area contributed by atoms with E-state index in [0.717, 1.165) is 11.4 Å². The Morgan fingerprint density at radius 1 is 1.77 bits per heavy atom. The predicted octanol–water partition coefficient (Wildman–Crippen LogP) is 1.56. The molecule has 0 aromatic carbocycles. The number of hydrogen-bond donors (Lipinski definition) is 2. The van der Waals surface area contributed by atoms with Crippen LogP contribution in [0.2, 0.25) is 0 Å². The van der Waals surface area contributed by atoms with E-state index in [4.69, 9.17) is 10.5 Å². The summed E-state index contributed by atoms with van der Waals surface area (Å²) in [4.78, 5) is 0. The molecule has 0 aliphatic carbocycles. The molecule has 0 amide bonds. The lowest BCUT2D eigenvalue weighted by Crippen LogP contribution is -2.23. The summed E-state index contributed by atoms with van der Waals surface area (Å²) >= 11 is 1.38. The van der Waals surface area contributed by atoms with Gasteiger partial charge < -0.3 is 15.8 Å². The van der Waals surface area contributed by atoms with Crippen molar-refractivity contribution in [1.82, 2.24) is 4.37 Å². The van der Waals surface area contributed by atoms with Gasteiger partial charge >= 0.3 is 0 Å². The van der Waals surface area contributed by atoms with Gasteiger partial charge in [0.25, 0.3) is 0 Å². The lowest BCUT2D eigenvalue weighted by atomic mass is 10.2. The molecular weight excluding hydrogens is 186 g/mol. The second-order valence-electron chi connectivity index (χ2n) is 2.82. The summed E-state index contributed by atoms with van der Waals surface area (Å²) in [6.45, 7) is 2.81. The average Bonchev–Trinajstić information content (AvgIpc) is 2.50. The zero-order valence-corrected chi connectivity index (χ0v) is 8.73. The smallest absolute Gasteiger partial charge is 0.139 e. The molecular formula is C8H15N3OS. The molecule has 1 aromatic rings. The van der Waals surface area contributed by atoms with Crippen molar-refractivity contribution in [3.63, 3.8) is 0 Å². The highest BCUT2D eigenvalue weighted by atomic mass is 32.1. The summed E-state index contributed by atoms with van der Waals surface area (Å²) in [5.41, 5.74) is 5.50. The van der Waals surface area contributed by atoms with Crippen LogP contribution < -0.4 is 11.1 Å². The molecule has 3 N–H and O–H groups in total. The Balaban J connectivity index is 2.46. The summed E-state index contributed by atoms with van der Waals surface area (Å²) in [6.07, 6.45) is 1.02. The Kier molecular flexibility index (Phi) is 3.98. The fraction of sp³-hybridized carbons (Fsp3) is 0.625. The van der Waals surface area contributed by atoms with Crippen molar-refractivity contribution in [2.24, 2.45) is 0 Å². The first-order valence-electron chi connectivity index (χ1n) is 4.24. The Hall–Kier alpha value is -0.810. The first kappa shape index (κ1) is 10.3. The Labute approximate surface area is 82.3 Å². The molecule has 0 saturated heterocycles. The third-order valence-corrected chi connectivity index (χ3v) is 2.47. The Morgan fingerprint density at radius 3 is 3.00 bits per heavy atom. The van der Waals surface area contributed by atoms with Crippen LogP contribution in [0.25, 0.3) is 0 Å². The van der Waals surface area contributed by atoms with Gasteiger partial charge in [0.2, 0.25) is 0 Å². The van der Waals surface area contributed by atoms with Gasteiger partial charge in [0.05, 0.1) is 12.6 Å². The van der Waals surface area contributed by atoms with Gasteiger partial charge in [-0.3, -0.25) is 0 Å². The molecule has 0 aliphatic rings. The maximum absolute atomic E-state index is 5.50. The van der Waals surface area contributed by atoms with E-state index in [1.165, 1.54) is 11.5 Å². The lowest BCUT2D eigenvalue weighted by molar-refractivity contribution is 0.184. The Morgan fingerprint density at radius 2 is 2.54 bits per heavy atom. The van der Waals surface area contributed by atoms with Crippen LogP contribution in [-0.4, -0.2) is 24.1 Å². The maximum atomic E-state index is 5.50. The van der Waals surface area contributed by atoms with E-state index in [-0.39, 0.29) is 0 Å². The van der Waals surface area contributed by atoms with Gasteiger partial charge in [0, 0.05) is 13.2 Å². The molecule has 0 saturated carbocycles. The normalized spacial score (nSPS) is 12.8. The number of methoxy groups -OCH3 is 1. The van der Waals surface area contributed by atoms with Crippen molar-refractivity contribution < 1.29 is 4.74 Å². The number of rotatable bonds is 5. The van der Waals surface area contributed by atoms with E-state index in [2.05, 4.69) is 16.6 Å². The monoisotopic (exact) mass is 201 g/mol. The van der Waals surface area contributed by atoms with Gasteiger partial charge in [-0.15, -0.1) is 0 Å². The number of hydrogen-bond acceptors (Lipinski definition) is 5. The zero-order valence-electron chi connectivity index (χ0n) is 7.91. The quantitative estimate of drug-likeness (QED) is 0.759. The van der Waals surface area contributed by atoms with E-state index < -0.39 is 0 Å². The van der Waals surface area contributed by atoms with Crippen molar-refractivity contribution in [1.29, 1.82) is 0 Å². The molecule has 1 rings (SSSR count). The molecule has 0 aliphatic heterocycles. The number of ether oxygens (including phenoxy) is 1. The number of anilines is 2. The maximum Gasteiger partial charge on any atom is 0.139 e. The third kappa shape index (κ3) is 3.20. The van der Waals surface area contributed by atoms with Gasteiger partial charge in [0.1, 0.15) is 10.8 Å². The number of nitrogens with zero attached hydrogens (tertiary/aromatic N) is 1. The Bertz CT molecular complexity index is 251. The third-order valence-electron chi connectivity index (χ3n) is 1.74. The minimum Gasteiger partial charge on any atom is -0.383 e. The van der Waals surface area contributed by atoms with Gasteiger partial charge in [-0.25, -0.2) is 0 Å². The fourth-order valence-electron chi connectivity index (χ4n) is 1.02. The summed E-state index contributed by atoms with van der Waals surface area (Å²) in [5, 5.41) is 4.30. The highest BCUT2D eigenvalue weighted by molar-refractivity contribution is 7.10. The highest BCUT2D eigenvalue weighted by Gasteiger charge is 2.06. The van der Waals surface area contributed by atoms with Crippen molar-refractivity contribution in [3.8, 4) is 0 Å². The van der Waals surface area contributed by atoms with Crippen molar-refractivity contribution in [2.45, 2.75) is 19.4 Å². The molecule has 0 fully saturated rings. The molecule has 4 nitrogen and oxygen atoms in total. The van der Waals surface area contributed by atoms with Gasteiger partial charge in [-0.1, -0.05) is 6.92 Å². The molecule has 1 heterocycles. The molecule has 74 valence electrons. The predicted molar refractivity (Wildman–Crippen MR) is 56.1 cm³/mol. The summed E-state index contributed by atoms with van der Waals surface area (Å²) in [6, 6.07) is 2.17. The highest BCUT2D eigenvalue weighted by Crippen LogP contribution is 2.18. The summed E-state index contributed by atoms with van der Waals surface area (Å²) < 4.78 is 9.04. The first-order chi connectivity index (χ1) is 6.26. The van der Waals surface area contributed by atoms with Crippen LogP contribution in [0.3, 0.4) is 0 Å². The number of nitrogens with two attached hydrogens (primary N) is 1. The minimum atomic E-state index is 0.338. The molecule has 1 aromatic heterocycles.